The van der Waals surface area contributed by atoms with Crippen molar-refractivity contribution >= 4 is 21.6 Å². The van der Waals surface area contributed by atoms with E-state index in [4.69, 9.17) is 10.5 Å². The van der Waals surface area contributed by atoms with Crippen molar-refractivity contribution in [2.24, 2.45) is 5.73 Å². The highest BCUT2D eigenvalue weighted by atomic mass is 79.9. The fraction of sp³-hybridized carbons (Fsp3) is 0.250. The third-order valence-corrected chi connectivity index (χ3v) is 2.79. The van der Waals surface area contributed by atoms with Gasteiger partial charge in [0.1, 0.15) is 6.61 Å². The van der Waals surface area contributed by atoms with E-state index in [0.29, 0.717) is 12.2 Å². The van der Waals surface area contributed by atoms with Gasteiger partial charge in [-0.1, -0.05) is 15.9 Å². The van der Waals surface area contributed by atoms with Gasteiger partial charge in [0.05, 0.1) is 11.0 Å². The van der Waals surface area contributed by atoms with Gasteiger partial charge in [-0.25, -0.2) is 0 Å². The summed E-state index contributed by atoms with van der Waals surface area (Å²) < 4.78 is 5.94. The second-order valence-corrected chi connectivity index (χ2v) is 3.84. The minimum atomic E-state index is -0.469. The third kappa shape index (κ3) is 1.27. The molecule has 0 unspecified atom stereocenters. The van der Waals surface area contributed by atoms with Crippen molar-refractivity contribution < 1.29 is 9.66 Å². The molecule has 2 rings (SSSR count). The van der Waals surface area contributed by atoms with E-state index in [1.807, 2.05) is 0 Å². The zero-order valence-corrected chi connectivity index (χ0v) is 8.65. The molecule has 5 nitrogen and oxygen atoms in total. The molecule has 14 heavy (non-hydrogen) atoms. The number of rotatable bonds is 1. The molecule has 0 fully saturated rings. The van der Waals surface area contributed by atoms with E-state index in [1.165, 1.54) is 6.07 Å². The molecule has 2 N–H and O–H groups in total. The van der Waals surface area contributed by atoms with Crippen LogP contribution in [0.1, 0.15) is 11.6 Å². The van der Waals surface area contributed by atoms with Gasteiger partial charge < -0.3 is 10.5 Å². The van der Waals surface area contributed by atoms with Crippen molar-refractivity contribution in [2.45, 2.75) is 6.04 Å². The van der Waals surface area contributed by atoms with Crippen molar-refractivity contribution in [3.8, 4) is 5.75 Å². The molecule has 1 atom stereocenters. The maximum atomic E-state index is 10.6. The van der Waals surface area contributed by atoms with Crippen molar-refractivity contribution in [2.75, 3.05) is 6.61 Å². The predicted octanol–water partition coefficient (Wildman–Crippen LogP) is 1.75. The van der Waals surface area contributed by atoms with Gasteiger partial charge in [-0.2, -0.15) is 0 Å². The van der Waals surface area contributed by atoms with Crippen LogP contribution in [0.15, 0.2) is 16.6 Å². The lowest BCUT2D eigenvalue weighted by Gasteiger charge is -2.03. The lowest BCUT2D eigenvalue weighted by atomic mass is 10.1. The number of nitro benzene ring substituents is 1. The van der Waals surface area contributed by atoms with Crippen LogP contribution < -0.4 is 10.5 Å². The van der Waals surface area contributed by atoms with E-state index in [0.717, 1.165) is 4.47 Å². The molecule has 1 heterocycles. The van der Waals surface area contributed by atoms with Crippen molar-refractivity contribution in [3.63, 3.8) is 0 Å². The van der Waals surface area contributed by atoms with Crippen LogP contribution in [0, 0.1) is 10.1 Å². The Labute approximate surface area is 88.1 Å². The van der Waals surface area contributed by atoms with Gasteiger partial charge in [0.2, 0.25) is 5.75 Å². The van der Waals surface area contributed by atoms with E-state index in [2.05, 4.69) is 15.9 Å². The Morgan fingerprint density at radius 2 is 2.36 bits per heavy atom. The summed E-state index contributed by atoms with van der Waals surface area (Å²) in [7, 11) is 0. The van der Waals surface area contributed by atoms with Gasteiger partial charge >= 0.3 is 5.69 Å². The average Bonchev–Trinajstić information content (AvgIpc) is 2.49. The number of nitro groups is 1. The molecule has 0 bridgehead atoms. The summed E-state index contributed by atoms with van der Waals surface area (Å²) in [6.45, 7) is 0.290. The van der Waals surface area contributed by atoms with Crippen LogP contribution >= 0.6 is 15.9 Å². The molecule has 74 valence electrons. The summed E-state index contributed by atoms with van der Waals surface area (Å²) in [6.07, 6.45) is 0. The highest BCUT2D eigenvalue weighted by molar-refractivity contribution is 9.10. The largest absolute Gasteiger partial charge is 0.485 e. The fourth-order valence-electron chi connectivity index (χ4n) is 1.46. The van der Waals surface area contributed by atoms with E-state index in [1.54, 1.807) is 6.07 Å². The normalized spacial score (nSPS) is 18.9. The molecule has 0 aromatic heterocycles. The number of hydrogen-bond donors (Lipinski definition) is 1. The first-order valence-electron chi connectivity index (χ1n) is 3.96. The summed E-state index contributed by atoms with van der Waals surface area (Å²) in [5, 5.41) is 10.6. The molecule has 1 aromatic carbocycles. The number of benzene rings is 1. The van der Waals surface area contributed by atoms with Crippen LogP contribution in [0.4, 0.5) is 5.69 Å². The summed E-state index contributed by atoms with van der Waals surface area (Å²) in [5.41, 5.74) is 6.39. The van der Waals surface area contributed by atoms with Crippen LogP contribution in [0.25, 0.3) is 0 Å². The molecule has 0 radical (unpaired) electrons. The summed E-state index contributed by atoms with van der Waals surface area (Å²) in [5.74, 6) is 0.289. The van der Waals surface area contributed by atoms with Crippen LogP contribution in [0.2, 0.25) is 0 Å². The number of nitrogens with zero attached hydrogens (tertiary/aromatic N) is 1. The molecule has 0 saturated heterocycles. The lowest BCUT2D eigenvalue weighted by Crippen LogP contribution is -2.11. The Hall–Kier alpha value is -1.14. The summed E-state index contributed by atoms with van der Waals surface area (Å²) >= 11 is 3.29. The van der Waals surface area contributed by atoms with Crippen molar-refractivity contribution in [3.05, 3.63) is 32.3 Å². The first-order chi connectivity index (χ1) is 6.61. The lowest BCUT2D eigenvalue weighted by molar-refractivity contribution is -0.385. The Morgan fingerprint density at radius 1 is 1.64 bits per heavy atom. The molecule has 1 aliphatic rings. The maximum Gasteiger partial charge on any atom is 0.311 e. The van der Waals surface area contributed by atoms with E-state index >= 15 is 0 Å². The van der Waals surface area contributed by atoms with E-state index in [9.17, 15) is 10.1 Å². The summed E-state index contributed by atoms with van der Waals surface area (Å²) in [6, 6.07) is 2.73. The highest BCUT2D eigenvalue weighted by Gasteiger charge is 2.30. The Morgan fingerprint density at radius 3 is 3.00 bits per heavy atom. The third-order valence-electron chi connectivity index (χ3n) is 2.10. The quantitative estimate of drug-likeness (QED) is 0.615. The van der Waals surface area contributed by atoms with Crippen LogP contribution in [0.5, 0.6) is 5.75 Å². The van der Waals surface area contributed by atoms with Gasteiger partial charge in [-0.3, -0.25) is 10.1 Å². The maximum absolute atomic E-state index is 10.6. The van der Waals surface area contributed by atoms with Crippen molar-refractivity contribution in [1.29, 1.82) is 0 Å². The zero-order chi connectivity index (χ0) is 10.3. The standard InChI is InChI=1S/C8H7BrN2O3/c9-4-1-2-6(11(12)13)8-7(4)5(10)3-14-8/h1-2,5H,3,10H2/t5-/m1/s1. The monoisotopic (exact) mass is 258 g/mol. The minimum Gasteiger partial charge on any atom is -0.485 e. The SMILES string of the molecule is N[C@@H]1COc2c([N+](=O)[O-])ccc(Br)c21. The van der Waals surface area contributed by atoms with Gasteiger partial charge in [0, 0.05) is 16.1 Å². The number of nitrogens with two attached hydrogens (primary N) is 1. The first-order valence-corrected chi connectivity index (χ1v) is 4.75. The number of halogens is 1. The van der Waals surface area contributed by atoms with Gasteiger partial charge in [0.25, 0.3) is 0 Å². The Balaban J connectivity index is 2.64. The topological polar surface area (TPSA) is 78.4 Å². The molecule has 0 spiro atoms. The number of fused-ring (bicyclic) bond motifs is 1. The predicted molar refractivity (Wildman–Crippen MR) is 53.2 cm³/mol. The minimum absolute atomic E-state index is 0.0313. The first kappa shape index (κ1) is 9.42. The molecule has 6 heteroatoms. The van der Waals surface area contributed by atoms with Crippen molar-refractivity contribution in [1.82, 2.24) is 0 Å². The highest BCUT2D eigenvalue weighted by Crippen LogP contribution is 2.42. The molecule has 0 saturated carbocycles. The van der Waals surface area contributed by atoms with Gasteiger partial charge in [-0.05, 0) is 6.07 Å². The second kappa shape index (κ2) is 3.21. The molecule has 0 aliphatic carbocycles. The van der Waals surface area contributed by atoms with Gasteiger partial charge in [-0.15, -0.1) is 0 Å². The molecule has 0 amide bonds. The molecular formula is C8H7BrN2O3. The number of ether oxygens (including phenoxy) is 1. The number of hydrogen-bond acceptors (Lipinski definition) is 4. The second-order valence-electron chi connectivity index (χ2n) is 2.98. The molecule has 1 aliphatic heterocycles. The molecular weight excluding hydrogens is 252 g/mol. The Kier molecular flexibility index (Phi) is 2.16. The fourth-order valence-corrected chi connectivity index (χ4v) is 2.07. The zero-order valence-electron chi connectivity index (χ0n) is 7.07. The average molecular weight is 259 g/mol. The Bertz CT molecular complexity index is 408. The van der Waals surface area contributed by atoms with E-state index in [-0.39, 0.29) is 17.5 Å². The molecule has 1 aromatic rings. The smallest absolute Gasteiger partial charge is 0.311 e. The summed E-state index contributed by atoms with van der Waals surface area (Å²) in [4.78, 5) is 10.2. The van der Waals surface area contributed by atoms with Crippen LogP contribution in [-0.4, -0.2) is 11.5 Å². The van der Waals surface area contributed by atoms with Crippen LogP contribution in [0.3, 0.4) is 0 Å². The van der Waals surface area contributed by atoms with E-state index < -0.39 is 4.92 Å². The van der Waals surface area contributed by atoms with Crippen LogP contribution in [-0.2, 0) is 0 Å². The van der Waals surface area contributed by atoms with Gasteiger partial charge in [0.15, 0.2) is 0 Å².